The Kier molecular flexibility index (Phi) is 4.71. The van der Waals surface area contributed by atoms with Crippen LogP contribution in [-0.4, -0.2) is 35.5 Å². The molecule has 1 atom stereocenters. The normalized spacial score (nSPS) is 25.9. The molecule has 0 aromatic carbocycles. The Balaban J connectivity index is 1.55. The number of carbonyl (C=O) groups excluding carboxylic acids is 1. The fraction of sp³-hybridized carbons (Fsp3) is 0.833. The maximum Gasteiger partial charge on any atom is 0.220 e. The first kappa shape index (κ1) is 12.7. The van der Waals surface area contributed by atoms with Gasteiger partial charge in [0, 0.05) is 30.8 Å². The summed E-state index contributed by atoms with van der Waals surface area (Å²) >= 11 is 1.79. The minimum atomic E-state index is 0.186. The highest BCUT2D eigenvalue weighted by molar-refractivity contribution is 8.14. The van der Waals surface area contributed by atoms with Crippen molar-refractivity contribution in [3.63, 3.8) is 0 Å². The standard InChI is InChI=1S/C12H21N3OS/c1-2-9-8-17-12(15-9)13-7-3-4-11(16)14-10-5-6-10/h9-10H,2-8H2,1H3,(H,13,15)(H,14,16). The van der Waals surface area contributed by atoms with E-state index in [-0.39, 0.29) is 5.91 Å². The van der Waals surface area contributed by atoms with Gasteiger partial charge in [-0.2, -0.15) is 0 Å². The van der Waals surface area contributed by atoms with Gasteiger partial charge in [0.05, 0.1) is 0 Å². The second-order valence-electron chi connectivity index (χ2n) is 4.69. The van der Waals surface area contributed by atoms with E-state index in [1.165, 1.54) is 0 Å². The van der Waals surface area contributed by atoms with Crippen LogP contribution in [0.5, 0.6) is 0 Å². The van der Waals surface area contributed by atoms with E-state index in [0.29, 0.717) is 18.5 Å². The zero-order valence-electron chi connectivity index (χ0n) is 10.4. The number of hydrogen-bond acceptors (Lipinski definition) is 3. The van der Waals surface area contributed by atoms with Crippen LogP contribution in [0.1, 0.15) is 39.0 Å². The molecule has 1 unspecified atom stereocenters. The second-order valence-corrected chi connectivity index (χ2v) is 5.70. The van der Waals surface area contributed by atoms with Crippen molar-refractivity contribution < 1.29 is 4.79 Å². The Morgan fingerprint density at radius 1 is 1.59 bits per heavy atom. The molecule has 2 fully saturated rings. The lowest BCUT2D eigenvalue weighted by Crippen LogP contribution is -2.26. The van der Waals surface area contributed by atoms with Crippen molar-refractivity contribution in [1.82, 2.24) is 10.6 Å². The molecule has 1 aliphatic heterocycles. The number of nitrogens with one attached hydrogen (secondary N) is 2. The van der Waals surface area contributed by atoms with Crippen molar-refractivity contribution in [3.05, 3.63) is 0 Å². The number of thioether (sulfide) groups is 1. The van der Waals surface area contributed by atoms with E-state index in [0.717, 1.165) is 43.1 Å². The summed E-state index contributed by atoms with van der Waals surface area (Å²) in [7, 11) is 0. The predicted molar refractivity (Wildman–Crippen MR) is 72.4 cm³/mol. The lowest BCUT2D eigenvalue weighted by molar-refractivity contribution is -0.121. The molecule has 1 saturated heterocycles. The first-order chi connectivity index (χ1) is 8.28. The number of rotatable bonds is 6. The fourth-order valence-electron chi connectivity index (χ4n) is 1.70. The monoisotopic (exact) mass is 255 g/mol. The Morgan fingerprint density at radius 3 is 3.06 bits per heavy atom. The largest absolute Gasteiger partial charge is 0.361 e. The third kappa shape index (κ3) is 4.58. The van der Waals surface area contributed by atoms with Crippen LogP contribution in [0.2, 0.25) is 0 Å². The zero-order chi connectivity index (χ0) is 12.1. The molecule has 0 bridgehead atoms. The van der Waals surface area contributed by atoms with Gasteiger partial charge in [-0.15, -0.1) is 0 Å². The van der Waals surface area contributed by atoms with Gasteiger partial charge in [-0.1, -0.05) is 18.7 Å². The van der Waals surface area contributed by atoms with Crippen LogP contribution < -0.4 is 10.6 Å². The molecule has 96 valence electrons. The third-order valence-corrected chi connectivity index (χ3v) is 4.09. The quantitative estimate of drug-likeness (QED) is 0.708. The minimum absolute atomic E-state index is 0.186. The summed E-state index contributed by atoms with van der Waals surface area (Å²) < 4.78 is 0. The summed E-state index contributed by atoms with van der Waals surface area (Å²) in [5.74, 6) is 1.31. The number of carbonyl (C=O) groups is 1. The van der Waals surface area contributed by atoms with Gasteiger partial charge in [0.1, 0.15) is 0 Å². The molecule has 5 heteroatoms. The molecule has 2 N–H and O–H groups in total. The smallest absolute Gasteiger partial charge is 0.220 e. The average Bonchev–Trinajstić information content (AvgIpc) is 3.01. The predicted octanol–water partition coefficient (Wildman–Crippen LogP) is 1.52. The van der Waals surface area contributed by atoms with E-state index in [9.17, 15) is 4.79 Å². The molecule has 17 heavy (non-hydrogen) atoms. The summed E-state index contributed by atoms with van der Waals surface area (Å²) in [6.07, 6.45) is 4.92. The molecule has 2 aliphatic rings. The van der Waals surface area contributed by atoms with Gasteiger partial charge >= 0.3 is 0 Å². The Bertz CT molecular complexity index is 302. The van der Waals surface area contributed by atoms with E-state index in [1.807, 2.05) is 0 Å². The topological polar surface area (TPSA) is 53.5 Å². The lowest BCUT2D eigenvalue weighted by Gasteiger charge is -2.05. The summed E-state index contributed by atoms with van der Waals surface area (Å²) in [5.41, 5.74) is 0. The number of amides is 1. The molecule has 1 amide bonds. The molecule has 2 rings (SSSR count). The highest BCUT2D eigenvalue weighted by Gasteiger charge is 2.22. The number of amidine groups is 1. The number of aliphatic imine (C=N–C) groups is 1. The van der Waals surface area contributed by atoms with Crippen molar-refractivity contribution >= 4 is 22.8 Å². The number of hydrogen-bond donors (Lipinski definition) is 2. The van der Waals surface area contributed by atoms with Crippen LogP contribution in [0.25, 0.3) is 0 Å². The third-order valence-electron chi connectivity index (χ3n) is 3.00. The van der Waals surface area contributed by atoms with E-state index in [2.05, 4.69) is 22.5 Å². The summed E-state index contributed by atoms with van der Waals surface area (Å²) in [6.45, 7) is 2.94. The second kappa shape index (κ2) is 6.28. The van der Waals surface area contributed by atoms with Crippen LogP contribution in [-0.2, 0) is 4.79 Å². The van der Waals surface area contributed by atoms with Gasteiger partial charge in [0.2, 0.25) is 5.91 Å². The summed E-state index contributed by atoms with van der Waals surface area (Å²) in [5, 5.41) is 7.43. The van der Waals surface area contributed by atoms with Crippen LogP contribution in [0.3, 0.4) is 0 Å². The van der Waals surface area contributed by atoms with Gasteiger partial charge in [-0.25, -0.2) is 0 Å². The van der Waals surface area contributed by atoms with Crippen molar-refractivity contribution in [2.24, 2.45) is 4.99 Å². The summed E-state index contributed by atoms with van der Waals surface area (Å²) in [6, 6.07) is 1.06. The maximum atomic E-state index is 11.4. The van der Waals surface area contributed by atoms with Crippen LogP contribution >= 0.6 is 11.8 Å². The Hall–Kier alpha value is -0.710. The zero-order valence-corrected chi connectivity index (χ0v) is 11.2. The van der Waals surface area contributed by atoms with Gasteiger partial charge in [0.25, 0.3) is 0 Å². The average molecular weight is 255 g/mol. The SMILES string of the molecule is CCC1CSC(=NCCCC(=O)NC2CC2)N1. The van der Waals surface area contributed by atoms with E-state index in [1.54, 1.807) is 11.8 Å². The van der Waals surface area contributed by atoms with Crippen LogP contribution in [0.4, 0.5) is 0 Å². The molecular weight excluding hydrogens is 234 g/mol. The molecular formula is C12H21N3OS. The lowest BCUT2D eigenvalue weighted by atomic mass is 10.3. The molecule has 0 radical (unpaired) electrons. The molecule has 1 saturated carbocycles. The van der Waals surface area contributed by atoms with Gasteiger partial charge < -0.3 is 10.6 Å². The fourth-order valence-corrected chi connectivity index (χ4v) is 2.81. The maximum absolute atomic E-state index is 11.4. The van der Waals surface area contributed by atoms with E-state index >= 15 is 0 Å². The molecule has 1 heterocycles. The van der Waals surface area contributed by atoms with Crippen LogP contribution in [0, 0.1) is 0 Å². The van der Waals surface area contributed by atoms with Crippen molar-refractivity contribution in [3.8, 4) is 0 Å². The van der Waals surface area contributed by atoms with E-state index < -0.39 is 0 Å². The first-order valence-corrected chi connectivity index (χ1v) is 7.49. The summed E-state index contributed by atoms with van der Waals surface area (Å²) in [4.78, 5) is 15.9. The van der Waals surface area contributed by atoms with E-state index in [4.69, 9.17) is 0 Å². The molecule has 0 aromatic rings. The highest BCUT2D eigenvalue weighted by Crippen LogP contribution is 2.19. The molecule has 4 nitrogen and oxygen atoms in total. The Morgan fingerprint density at radius 2 is 2.41 bits per heavy atom. The Labute approximate surface area is 107 Å². The van der Waals surface area contributed by atoms with Crippen molar-refractivity contribution in [2.45, 2.75) is 51.1 Å². The molecule has 0 aromatic heterocycles. The number of nitrogens with zero attached hydrogens (tertiary/aromatic N) is 1. The minimum Gasteiger partial charge on any atom is -0.361 e. The van der Waals surface area contributed by atoms with Crippen molar-refractivity contribution in [2.75, 3.05) is 12.3 Å². The first-order valence-electron chi connectivity index (χ1n) is 6.51. The molecule has 1 aliphatic carbocycles. The highest BCUT2D eigenvalue weighted by atomic mass is 32.2. The van der Waals surface area contributed by atoms with Gasteiger partial charge in [-0.3, -0.25) is 9.79 Å². The van der Waals surface area contributed by atoms with Crippen molar-refractivity contribution in [1.29, 1.82) is 0 Å². The van der Waals surface area contributed by atoms with Crippen LogP contribution in [0.15, 0.2) is 4.99 Å². The van der Waals surface area contributed by atoms with Gasteiger partial charge in [0.15, 0.2) is 5.17 Å². The van der Waals surface area contributed by atoms with Gasteiger partial charge in [-0.05, 0) is 25.7 Å². The molecule has 0 spiro atoms.